The predicted octanol–water partition coefficient (Wildman–Crippen LogP) is 4.28. The number of aromatic nitrogens is 2. The van der Waals surface area contributed by atoms with Crippen molar-refractivity contribution in [3.05, 3.63) is 36.2 Å². The van der Waals surface area contributed by atoms with Gasteiger partial charge >= 0.3 is 12.1 Å². The van der Waals surface area contributed by atoms with E-state index in [1.807, 2.05) is 71.8 Å². The standard InChI is InChI=1S/C42H59N5O10/c1-12-32-42(8)36(45-40(51)57-42)25(4)33(46-52-11)23(2)22-41(7,53-19-13-14-28-15-16-29-30(21-28)44-18-17-43-29)37(26(5)34(48)27(6)38(50)55-32)56-39-35(49)31(47(9)10)20-24(3)54-39/h15-18,21,23-27,31-32,35-37,39,49H,12,19-20,22H2,1-11H3,(H,45,51)/b46-33+/t23-,24-,25+,26+,27-,31+,32-,35-,36-,37-,39?,41+,42-/m1/s1. The Kier molecular flexibility index (Phi) is 14.0. The number of carbonyl (C=O) groups is 3. The summed E-state index contributed by atoms with van der Waals surface area (Å²) >= 11 is 0. The molecule has 4 heterocycles. The van der Waals surface area contributed by atoms with Crippen LogP contribution in [0.4, 0.5) is 4.79 Å². The summed E-state index contributed by atoms with van der Waals surface area (Å²) < 4.78 is 31.7. The highest BCUT2D eigenvalue weighted by molar-refractivity contribution is 6.00. The molecule has 3 aliphatic rings. The van der Waals surface area contributed by atoms with Gasteiger partial charge < -0.3 is 43.8 Å². The summed E-state index contributed by atoms with van der Waals surface area (Å²) in [6.07, 6.45) is -0.829. The third-order valence-electron chi connectivity index (χ3n) is 11.9. The van der Waals surface area contributed by atoms with Crippen LogP contribution in [0.2, 0.25) is 0 Å². The Labute approximate surface area is 335 Å². The van der Waals surface area contributed by atoms with E-state index in [0.29, 0.717) is 29.6 Å². The lowest BCUT2D eigenvalue weighted by Gasteiger charge is -2.47. The van der Waals surface area contributed by atoms with Gasteiger partial charge in [-0.05, 0) is 79.3 Å². The molecule has 3 fully saturated rings. The largest absolute Gasteiger partial charge is 0.458 e. The van der Waals surface area contributed by atoms with Crippen molar-refractivity contribution in [2.75, 3.05) is 27.8 Å². The lowest BCUT2D eigenvalue weighted by Crippen LogP contribution is -2.60. The molecule has 15 heteroatoms. The number of benzene rings is 1. The number of hydrogen-bond acceptors (Lipinski definition) is 14. The molecule has 1 aromatic heterocycles. The first-order valence-corrected chi connectivity index (χ1v) is 19.8. The van der Waals surface area contributed by atoms with Gasteiger partial charge in [0.05, 0.1) is 40.6 Å². The highest BCUT2D eigenvalue weighted by Crippen LogP contribution is 2.41. The molecular weight excluding hydrogens is 734 g/mol. The molecule has 13 atom stereocenters. The first-order chi connectivity index (χ1) is 26.9. The van der Waals surface area contributed by atoms with Gasteiger partial charge in [-0.15, -0.1) is 0 Å². The van der Waals surface area contributed by atoms with Gasteiger partial charge in [-0.1, -0.05) is 44.7 Å². The average Bonchev–Trinajstić information content (AvgIpc) is 3.49. The number of fused-ring (bicyclic) bond motifs is 2. The van der Waals surface area contributed by atoms with Crippen molar-refractivity contribution < 1.29 is 48.0 Å². The maximum absolute atomic E-state index is 14.5. The second kappa shape index (κ2) is 18.2. The van der Waals surface area contributed by atoms with Gasteiger partial charge in [0, 0.05) is 41.8 Å². The van der Waals surface area contributed by atoms with Crippen LogP contribution in [0.15, 0.2) is 35.7 Å². The number of ether oxygens (including phenoxy) is 5. The molecule has 2 aromatic rings. The monoisotopic (exact) mass is 793 g/mol. The topological polar surface area (TPSA) is 180 Å². The number of amides is 1. The molecule has 5 rings (SSSR count). The van der Waals surface area contributed by atoms with Crippen molar-refractivity contribution in [1.29, 1.82) is 0 Å². The van der Waals surface area contributed by atoms with Gasteiger partial charge in [0.25, 0.3) is 0 Å². The number of rotatable bonds is 7. The molecular formula is C42H59N5O10. The number of nitrogens with zero attached hydrogens (tertiary/aromatic N) is 4. The van der Waals surface area contributed by atoms with Crippen LogP contribution >= 0.6 is 0 Å². The van der Waals surface area contributed by atoms with Crippen LogP contribution in [0.5, 0.6) is 0 Å². The van der Waals surface area contributed by atoms with Crippen LogP contribution in [-0.2, 0) is 38.1 Å². The van der Waals surface area contributed by atoms with Crippen molar-refractivity contribution in [3.63, 3.8) is 0 Å². The lowest BCUT2D eigenvalue weighted by molar-refractivity contribution is -0.296. The highest BCUT2D eigenvalue weighted by Gasteiger charge is 2.57. The van der Waals surface area contributed by atoms with E-state index in [-0.39, 0.29) is 25.2 Å². The highest BCUT2D eigenvalue weighted by atomic mass is 16.7. The summed E-state index contributed by atoms with van der Waals surface area (Å²) in [5.41, 5.74) is 0.0784. The number of nitrogens with one attached hydrogen (secondary N) is 1. The maximum atomic E-state index is 14.5. The number of alkyl carbamates (subject to hydrolysis) is 1. The van der Waals surface area contributed by atoms with E-state index in [1.165, 1.54) is 14.0 Å². The van der Waals surface area contributed by atoms with Gasteiger partial charge in [0.15, 0.2) is 17.7 Å². The number of hydrogen-bond donors (Lipinski definition) is 2. The summed E-state index contributed by atoms with van der Waals surface area (Å²) in [5.74, 6) is 1.90. The summed E-state index contributed by atoms with van der Waals surface area (Å²) in [4.78, 5) is 57.4. The molecule has 1 unspecified atom stereocenters. The first kappa shape index (κ1) is 43.9. The smallest absolute Gasteiger partial charge is 0.408 e. The second-order valence-corrected chi connectivity index (χ2v) is 16.3. The average molecular weight is 794 g/mol. The van der Waals surface area contributed by atoms with E-state index in [4.69, 9.17) is 28.5 Å². The first-order valence-electron chi connectivity index (χ1n) is 19.8. The van der Waals surface area contributed by atoms with Gasteiger partial charge in [-0.3, -0.25) is 19.6 Å². The Morgan fingerprint density at radius 1 is 1.05 bits per heavy atom. The van der Waals surface area contributed by atoms with Crippen LogP contribution < -0.4 is 5.32 Å². The minimum absolute atomic E-state index is 0.0834. The van der Waals surface area contributed by atoms with Crippen LogP contribution in [0.1, 0.15) is 80.2 Å². The van der Waals surface area contributed by atoms with E-state index >= 15 is 0 Å². The zero-order chi connectivity index (χ0) is 41.8. The second-order valence-electron chi connectivity index (χ2n) is 16.3. The van der Waals surface area contributed by atoms with Crippen LogP contribution in [0.25, 0.3) is 11.0 Å². The number of aliphatic hydroxyl groups is 1. The number of ketones is 1. The number of likely N-dealkylation sites (N-methyl/N-ethyl adjacent to an activating group) is 1. The molecule has 15 nitrogen and oxygen atoms in total. The molecule has 0 saturated carbocycles. The van der Waals surface area contributed by atoms with Gasteiger partial charge in [-0.25, -0.2) is 4.79 Å². The fraction of sp³-hybridized carbons (Fsp3) is 0.667. The Bertz CT molecular complexity index is 1860. The molecule has 312 valence electrons. The van der Waals surface area contributed by atoms with E-state index in [2.05, 4.69) is 32.3 Å². The molecule has 1 aromatic carbocycles. The number of esters is 1. The van der Waals surface area contributed by atoms with Crippen LogP contribution in [0, 0.1) is 35.5 Å². The summed E-state index contributed by atoms with van der Waals surface area (Å²) in [7, 11) is 5.20. The van der Waals surface area contributed by atoms with Crippen molar-refractivity contribution in [2.45, 2.75) is 129 Å². The minimum Gasteiger partial charge on any atom is -0.458 e. The molecule has 57 heavy (non-hydrogen) atoms. The number of oxime groups is 1. The summed E-state index contributed by atoms with van der Waals surface area (Å²) in [6.45, 7) is 14.2. The predicted molar refractivity (Wildman–Crippen MR) is 211 cm³/mol. The van der Waals surface area contributed by atoms with E-state index < -0.39 is 83.4 Å². The Balaban J connectivity index is 1.61. The quantitative estimate of drug-likeness (QED) is 0.176. The van der Waals surface area contributed by atoms with Crippen molar-refractivity contribution in [1.82, 2.24) is 20.2 Å². The SMILES string of the molecule is CC[C@H]1OC(=O)[C@H](C)C(=O)[C@H](C)[C@@H](OC2O[C@H](C)C[C@H](N(C)C)[C@H]2O)[C@@](C)(OCC#Cc2ccc3nccnc3c2)C[C@@H](C)/C(=N\OC)[C@H](C)[C@H]2NC(=O)O[C@@]21C. The molecule has 3 saturated heterocycles. The Morgan fingerprint density at radius 3 is 2.42 bits per heavy atom. The summed E-state index contributed by atoms with van der Waals surface area (Å²) in [5, 5.41) is 19.1. The van der Waals surface area contributed by atoms with E-state index in [9.17, 15) is 19.5 Å². The molecule has 3 aliphatic heterocycles. The van der Waals surface area contributed by atoms with Crippen molar-refractivity contribution >= 4 is 34.6 Å². The van der Waals surface area contributed by atoms with Crippen LogP contribution in [0.3, 0.4) is 0 Å². The fourth-order valence-electron chi connectivity index (χ4n) is 8.80. The van der Waals surface area contributed by atoms with Gasteiger partial charge in [-0.2, -0.15) is 0 Å². The van der Waals surface area contributed by atoms with E-state index in [1.54, 1.807) is 26.2 Å². The zero-order valence-electron chi connectivity index (χ0n) is 35.0. The van der Waals surface area contributed by atoms with Crippen LogP contribution in [-0.4, -0.2) is 125 Å². The van der Waals surface area contributed by atoms with Gasteiger partial charge in [0.2, 0.25) is 0 Å². The normalized spacial score (nSPS) is 37.4. The number of carbonyl (C=O) groups excluding carboxylic acids is 3. The molecule has 0 aliphatic carbocycles. The number of cyclic esters (lactones) is 1. The Hall–Kier alpha value is -4.20. The zero-order valence-corrected chi connectivity index (χ0v) is 35.0. The van der Waals surface area contributed by atoms with Gasteiger partial charge in [0.1, 0.15) is 31.8 Å². The van der Waals surface area contributed by atoms with Crippen molar-refractivity contribution in [3.8, 4) is 11.8 Å². The Morgan fingerprint density at radius 2 is 1.75 bits per heavy atom. The van der Waals surface area contributed by atoms with E-state index in [0.717, 1.165) is 5.52 Å². The van der Waals surface area contributed by atoms with Crippen molar-refractivity contribution in [2.24, 2.45) is 28.8 Å². The molecule has 0 radical (unpaired) electrons. The molecule has 0 spiro atoms. The molecule has 2 N–H and O–H groups in total. The maximum Gasteiger partial charge on any atom is 0.408 e. The number of Topliss-reactive ketones (excluding diaryl/α,β-unsaturated/α-hetero) is 1. The molecule has 1 amide bonds. The number of aliphatic hydroxyl groups excluding tert-OH is 1. The fourth-order valence-corrected chi connectivity index (χ4v) is 8.80. The lowest BCUT2D eigenvalue weighted by atomic mass is 9.73. The molecule has 0 bridgehead atoms. The summed E-state index contributed by atoms with van der Waals surface area (Å²) in [6, 6.07) is 4.54. The third kappa shape index (κ3) is 9.42. The third-order valence-corrected chi connectivity index (χ3v) is 11.9. The minimum atomic E-state index is -1.33.